The number of fused-ring (bicyclic) bond motifs is 5. The third-order valence-corrected chi connectivity index (χ3v) is 5.80. The number of anilines is 1. The summed E-state index contributed by atoms with van der Waals surface area (Å²) in [7, 11) is 0. The summed E-state index contributed by atoms with van der Waals surface area (Å²) in [4.78, 5) is 0. The lowest BCUT2D eigenvalue weighted by atomic mass is 9.80. The van der Waals surface area contributed by atoms with Gasteiger partial charge in [0.1, 0.15) is 11.6 Å². The van der Waals surface area contributed by atoms with Gasteiger partial charge in [-0.05, 0) is 73.9 Å². The fourth-order valence-corrected chi connectivity index (χ4v) is 4.73. The van der Waals surface area contributed by atoms with Gasteiger partial charge in [-0.2, -0.15) is 0 Å². The first-order valence-electron chi connectivity index (χ1n) is 9.69. The molecule has 0 amide bonds. The summed E-state index contributed by atoms with van der Waals surface area (Å²) in [6, 6.07) is 16.5. The molecule has 3 aromatic carbocycles. The average molecular weight is 406 g/mol. The van der Waals surface area contributed by atoms with Gasteiger partial charge >= 0.3 is 0 Å². The molecule has 29 heavy (non-hydrogen) atoms. The maximum absolute atomic E-state index is 14.1. The predicted molar refractivity (Wildman–Crippen MR) is 117 cm³/mol. The van der Waals surface area contributed by atoms with E-state index in [0.29, 0.717) is 5.02 Å². The van der Waals surface area contributed by atoms with E-state index in [1.165, 1.54) is 11.6 Å². The molecule has 1 atom stereocenters. The number of nitrogens with one attached hydrogen (secondary N) is 1. The third-order valence-electron chi connectivity index (χ3n) is 5.56. The number of hydrogen-bond donors (Lipinski definition) is 1. The molecule has 146 valence electrons. The Labute approximate surface area is 175 Å². The standard InChI is InChI=1S/C25H21ClFNO/c1-14-13-25(2,3)28-20-9-8-18-19-12-16(26)7-10-21(19)29-24(23(18)22(14)20)15-5-4-6-17(27)11-15/h4-13,24,28H,1-3H3/t24-/m0/s1. The number of benzene rings is 3. The second-order valence-corrected chi connectivity index (χ2v) is 8.75. The Hall–Kier alpha value is -2.78. The summed E-state index contributed by atoms with van der Waals surface area (Å²) in [6.07, 6.45) is 1.82. The molecule has 5 rings (SSSR count). The van der Waals surface area contributed by atoms with Crippen molar-refractivity contribution in [1.29, 1.82) is 0 Å². The molecule has 2 aliphatic heterocycles. The zero-order chi connectivity index (χ0) is 20.3. The van der Waals surface area contributed by atoms with Gasteiger partial charge in [-0.1, -0.05) is 35.9 Å². The normalized spacial score (nSPS) is 18.5. The topological polar surface area (TPSA) is 21.3 Å². The van der Waals surface area contributed by atoms with Crippen LogP contribution in [0, 0.1) is 5.82 Å². The van der Waals surface area contributed by atoms with Crippen LogP contribution in [0.2, 0.25) is 5.02 Å². The fourth-order valence-electron chi connectivity index (χ4n) is 4.56. The van der Waals surface area contributed by atoms with E-state index in [0.717, 1.165) is 39.3 Å². The van der Waals surface area contributed by atoms with Crippen molar-refractivity contribution in [2.75, 3.05) is 5.32 Å². The van der Waals surface area contributed by atoms with Crippen molar-refractivity contribution in [3.05, 3.63) is 88.2 Å². The number of halogens is 2. The van der Waals surface area contributed by atoms with Crippen LogP contribution in [0.4, 0.5) is 10.1 Å². The lowest BCUT2D eigenvalue weighted by molar-refractivity contribution is 0.243. The molecule has 2 nitrogen and oxygen atoms in total. The molecule has 0 spiro atoms. The Morgan fingerprint density at radius 2 is 1.86 bits per heavy atom. The van der Waals surface area contributed by atoms with Crippen LogP contribution in [-0.4, -0.2) is 5.54 Å². The number of hydrogen-bond acceptors (Lipinski definition) is 2. The summed E-state index contributed by atoms with van der Waals surface area (Å²) in [5, 5.41) is 4.26. The van der Waals surface area contributed by atoms with E-state index in [2.05, 4.69) is 44.3 Å². The molecule has 2 heterocycles. The molecule has 0 bridgehead atoms. The van der Waals surface area contributed by atoms with Crippen molar-refractivity contribution in [3.8, 4) is 16.9 Å². The van der Waals surface area contributed by atoms with Crippen LogP contribution in [-0.2, 0) is 0 Å². The van der Waals surface area contributed by atoms with E-state index < -0.39 is 6.10 Å². The molecule has 0 aromatic heterocycles. The molecule has 0 unspecified atom stereocenters. The second-order valence-electron chi connectivity index (χ2n) is 8.32. The molecule has 0 fully saturated rings. The molecule has 1 N–H and O–H groups in total. The van der Waals surface area contributed by atoms with Gasteiger partial charge in [0.2, 0.25) is 0 Å². The summed E-state index contributed by atoms with van der Waals surface area (Å²) >= 11 is 6.30. The minimum absolute atomic E-state index is 0.142. The first kappa shape index (κ1) is 18.3. The van der Waals surface area contributed by atoms with Crippen molar-refractivity contribution in [3.63, 3.8) is 0 Å². The number of rotatable bonds is 1. The minimum atomic E-state index is -0.407. The zero-order valence-electron chi connectivity index (χ0n) is 16.5. The van der Waals surface area contributed by atoms with Crippen LogP contribution in [0.1, 0.15) is 43.6 Å². The highest BCUT2D eigenvalue weighted by Crippen LogP contribution is 2.51. The number of allylic oxidation sites excluding steroid dienone is 1. The van der Waals surface area contributed by atoms with E-state index in [1.54, 1.807) is 12.1 Å². The van der Waals surface area contributed by atoms with Gasteiger partial charge in [0, 0.05) is 27.4 Å². The van der Waals surface area contributed by atoms with Crippen molar-refractivity contribution < 1.29 is 9.13 Å². The zero-order valence-corrected chi connectivity index (χ0v) is 17.3. The quantitative estimate of drug-likeness (QED) is 0.460. The summed E-state index contributed by atoms with van der Waals surface area (Å²) < 4.78 is 20.5. The molecule has 2 aliphatic rings. The maximum Gasteiger partial charge on any atom is 0.150 e. The van der Waals surface area contributed by atoms with Crippen LogP contribution >= 0.6 is 11.6 Å². The molecule has 4 heteroatoms. The predicted octanol–water partition coefficient (Wildman–Crippen LogP) is 7.24. The van der Waals surface area contributed by atoms with Gasteiger partial charge in [0.05, 0.1) is 5.54 Å². The van der Waals surface area contributed by atoms with E-state index >= 15 is 0 Å². The Bertz CT molecular complexity index is 1180. The van der Waals surface area contributed by atoms with E-state index in [1.807, 2.05) is 24.3 Å². The van der Waals surface area contributed by atoms with E-state index in [4.69, 9.17) is 16.3 Å². The van der Waals surface area contributed by atoms with Crippen molar-refractivity contribution in [2.24, 2.45) is 0 Å². The Kier molecular flexibility index (Phi) is 4.01. The highest BCUT2D eigenvalue weighted by molar-refractivity contribution is 6.31. The van der Waals surface area contributed by atoms with Crippen molar-refractivity contribution in [2.45, 2.75) is 32.4 Å². The van der Waals surface area contributed by atoms with Crippen LogP contribution in [0.25, 0.3) is 16.7 Å². The molecular weight excluding hydrogens is 385 g/mol. The minimum Gasteiger partial charge on any atom is -0.480 e. The summed E-state index contributed by atoms with van der Waals surface area (Å²) in [6.45, 7) is 6.42. The lowest BCUT2D eigenvalue weighted by Gasteiger charge is -2.37. The average Bonchev–Trinajstić information content (AvgIpc) is 2.65. The SMILES string of the molecule is CC1=CC(C)(C)Nc2ccc3c(c21)[C@H](c1cccc(F)c1)Oc1ccc(Cl)cc1-3. The van der Waals surface area contributed by atoms with Gasteiger partial charge in [-0.15, -0.1) is 0 Å². The van der Waals surface area contributed by atoms with Crippen molar-refractivity contribution >= 4 is 22.9 Å². The van der Waals surface area contributed by atoms with Crippen LogP contribution in [0.15, 0.2) is 60.7 Å². The van der Waals surface area contributed by atoms with Gasteiger partial charge < -0.3 is 10.1 Å². The van der Waals surface area contributed by atoms with Crippen molar-refractivity contribution in [1.82, 2.24) is 0 Å². The molecule has 3 aromatic rings. The first-order valence-corrected chi connectivity index (χ1v) is 10.1. The van der Waals surface area contributed by atoms with Crippen LogP contribution in [0.5, 0.6) is 5.75 Å². The van der Waals surface area contributed by atoms with E-state index in [9.17, 15) is 4.39 Å². The molecule has 0 saturated heterocycles. The lowest BCUT2D eigenvalue weighted by Crippen LogP contribution is -2.32. The number of ether oxygens (including phenoxy) is 1. The van der Waals surface area contributed by atoms with Gasteiger partial charge in [0.25, 0.3) is 0 Å². The van der Waals surface area contributed by atoms with Crippen LogP contribution < -0.4 is 10.1 Å². The smallest absolute Gasteiger partial charge is 0.150 e. The monoisotopic (exact) mass is 405 g/mol. The largest absolute Gasteiger partial charge is 0.480 e. The first-order chi connectivity index (χ1) is 13.8. The molecule has 0 aliphatic carbocycles. The Balaban J connectivity index is 1.82. The fraction of sp³-hybridized carbons (Fsp3) is 0.200. The third kappa shape index (κ3) is 3.01. The Morgan fingerprint density at radius 1 is 1.03 bits per heavy atom. The highest BCUT2D eigenvalue weighted by Gasteiger charge is 2.34. The molecule has 0 saturated carbocycles. The maximum atomic E-state index is 14.1. The van der Waals surface area contributed by atoms with Gasteiger partial charge in [-0.25, -0.2) is 4.39 Å². The van der Waals surface area contributed by atoms with Crippen LogP contribution in [0.3, 0.4) is 0 Å². The van der Waals surface area contributed by atoms with Gasteiger partial charge in [0.15, 0.2) is 6.10 Å². The summed E-state index contributed by atoms with van der Waals surface area (Å²) in [5.74, 6) is 0.479. The summed E-state index contributed by atoms with van der Waals surface area (Å²) in [5.41, 5.74) is 7.06. The second kappa shape index (κ2) is 6.36. The van der Waals surface area contributed by atoms with Gasteiger partial charge in [-0.3, -0.25) is 0 Å². The Morgan fingerprint density at radius 3 is 2.66 bits per heavy atom. The molecular formula is C25H21ClFNO. The molecule has 0 radical (unpaired) electrons. The highest BCUT2D eigenvalue weighted by atomic mass is 35.5. The van der Waals surface area contributed by atoms with E-state index in [-0.39, 0.29) is 11.4 Å².